The Balaban J connectivity index is 1.54. The van der Waals surface area contributed by atoms with Crippen LogP contribution in [0.4, 0.5) is 13.6 Å². The number of carbonyl (C=O) groups excluding carboxylic acids is 2. The third kappa shape index (κ3) is 3.03. The number of nitrogens with zero attached hydrogens (tertiary/aromatic N) is 1. The molecule has 1 amide bonds. The average Bonchev–Trinajstić information content (AvgIpc) is 3.14. The van der Waals surface area contributed by atoms with Crippen LogP contribution in [0.5, 0.6) is 0 Å². The summed E-state index contributed by atoms with van der Waals surface area (Å²) in [7, 11) is 0. The first-order valence-electron chi connectivity index (χ1n) is 8.58. The lowest BCUT2D eigenvalue weighted by Gasteiger charge is -2.24. The van der Waals surface area contributed by atoms with Gasteiger partial charge in [0.25, 0.3) is 5.92 Å². The highest BCUT2D eigenvalue weighted by Crippen LogP contribution is 2.44. The average molecular weight is 372 g/mol. The first kappa shape index (κ1) is 17.5. The molecule has 0 saturated carbocycles. The summed E-state index contributed by atoms with van der Waals surface area (Å²) in [5, 5.41) is 11.1. The lowest BCUT2D eigenvalue weighted by molar-refractivity contribution is -0.310. The summed E-state index contributed by atoms with van der Waals surface area (Å²) in [5.41, 5.74) is 4.04. The van der Waals surface area contributed by atoms with Crippen molar-refractivity contribution in [2.45, 2.75) is 24.3 Å². The van der Waals surface area contributed by atoms with Gasteiger partial charge >= 0.3 is 6.09 Å². The van der Waals surface area contributed by atoms with E-state index in [1.165, 1.54) is 0 Å². The number of aliphatic carboxylic acids is 1. The highest BCUT2D eigenvalue weighted by atomic mass is 19.3. The number of hydrogen-bond donors (Lipinski definition) is 0. The maximum absolute atomic E-state index is 13.6. The van der Waals surface area contributed by atoms with Crippen molar-refractivity contribution >= 4 is 12.1 Å². The fourth-order valence-corrected chi connectivity index (χ4v) is 3.90. The van der Waals surface area contributed by atoms with Crippen LogP contribution < -0.4 is 5.11 Å². The molecule has 0 unspecified atom stereocenters. The Morgan fingerprint density at radius 3 is 2.19 bits per heavy atom. The van der Waals surface area contributed by atoms with Gasteiger partial charge in [-0.25, -0.2) is 13.6 Å². The fraction of sp³-hybridized carbons (Fsp3) is 0.300. The molecule has 2 aliphatic rings. The van der Waals surface area contributed by atoms with Crippen LogP contribution in [0.3, 0.4) is 0 Å². The minimum Gasteiger partial charge on any atom is -0.548 e. The highest BCUT2D eigenvalue weighted by Gasteiger charge is 2.48. The topological polar surface area (TPSA) is 69.7 Å². The number of carboxylic acid groups (broad SMARTS) is 1. The molecular formula is C20H16F2NO4-. The van der Waals surface area contributed by atoms with Gasteiger partial charge in [-0.05, 0) is 22.3 Å². The number of benzene rings is 2. The molecule has 1 aliphatic carbocycles. The fourth-order valence-electron chi connectivity index (χ4n) is 3.90. The van der Waals surface area contributed by atoms with Gasteiger partial charge < -0.3 is 14.6 Å². The van der Waals surface area contributed by atoms with E-state index in [9.17, 15) is 23.5 Å². The second kappa shape index (κ2) is 6.33. The molecule has 0 spiro atoms. The number of likely N-dealkylation sites (tertiary alicyclic amines) is 1. The smallest absolute Gasteiger partial charge is 0.410 e. The molecule has 0 aromatic heterocycles. The normalized spacial score (nSPS) is 20.2. The molecule has 27 heavy (non-hydrogen) atoms. The number of carbonyl (C=O) groups is 2. The molecule has 2 aromatic rings. The number of rotatable bonds is 3. The third-order valence-electron chi connectivity index (χ3n) is 5.11. The number of fused-ring (bicyclic) bond motifs is 3. The standard InChI is InChI=1S/C20H17F2NO4/c21-20(22)9-17(18(24)25)23(11-20)19(26)27-10-16-14-7-3-1-5-12(14)13-6-2-4-8-15(13)16/h1-8,16-17H,9-11H2,(H,24,25)/p-1/t17-/m0/s1. The molecule has 7 heteroatoms. The first-order chi connectivity index (χ1) is 12.9. The van der Waals surface area contributed by atoms with E-state index in [1.807, 2.05) is 48.5 Å². The van der Waals surface area contributed by atoms with Gasteiger partial charge in [-0.3, -0.25) is 4.90 Å². The third-order valence-corrected chi connectivity index (χ3v) is 5.11. The zero-order chi connectivity index (χ0) is 19.2. The van der Waals surface area contributed by atoms with Gasteiger partial charge in [-0.15, -0.1) is 0 Å². The Hall–Kier alpha value is -2.96. The maximum Gasteiger partial charge on any atom is 0.410 e. The van der Waals surface area contributed by atoms with Crippen LogP contribution in [0.1, 0.15) is 23.5 Å². The van der Waals surface area contributed by atoms with Crippen molar-refractivity contribution in [1.82, 2.24) is 4.90 Å². The summed E-state index contributed by atoms with van der Waals surface area (Å²) in [5.74, 6) is -5.21. The molecule has 0 radical (unpaired) electrons. The van der Waals surface area contributed by atoms with E-state index in [4.69, 9.17) is 4.74 Å². The second-order valence-electron chi connectivity index (χ2n) is 6.83. The molecule has 1 fully saturated rings. The Morgan fingerprint density at radius 2 is 1.63 bits per heavy atom. The molecule has 1 heterocycles. The molecule has 1 atom stereocenters. The summed E-state index contributed by atoms with van der Waals surface area (Å²) < 4.78 is 32.4. The van der Waals surface area contributed by atoms with Crippen molar-refractivity contribution in [3.05, 3.63) is 59.7 Å². The summed E-state index contributed by atoms with van der Waals surface area (Å²) >= 11 is 0. The maximum atomic E-state index is 13.6. The molecular weight excluding hydrogens is 356 g/mol. The molecule has 140 valence electrons. The van der Waals surface area contributed by atoms with Gasteiger partial charge in [0, 0.05) is 12.3 Å². The van der Waals surface area contributed by atoms with Crippen LogP contribution >= 0.6 is 0 Å². The number of alkyl halides is 2. The molecule has 0 N–H and O–H groups in total. The van der Waals surface area contributed by atoms with Gasteiger partial charge in [-0.1, -0.05) is 48.5 Å². The summed E-state index contributed by atoms with van der Waals surface area (Å²) in [6.45, 7) is -1.04. The molecule has 1 saturated heterocycles. The number of halogens is 2. The van der Waals surface area contributed by atoms with Crippen molar-refractivity contribution in [1.29, 1.82) is 0 Å². The summed E-state index contributed by atoms with van der Waals surface area (Å²) in [6.07, 6.45) is -2.03. The molecule has 2 aromatic carbocycles. The number of hydrogen-bond acceptors (Lipinski definition) is 4. The van der Waals surface area contributed by atoms with E-state index in [-0.39, 0.29) is 12.5 Å². The van der Waals surface area contributed by atoms with E-state index in [1.54, 1.807) is 0 Å². The van der Waals surface area contributed by atoms with Gasteiger partial charge in [-0.2, -0.15) is 0 Å². The van der Waals surface area contributed by atoms with E-state index in [0.29, 0.717) is 4.90 Å². The van der Waals surface area contributed by atoms with Gasteiger partial charge in [0.05, 0.1) is 18.6 Å². The zero-order valence-corrected chi connectivity index (χ0v) is 14.2. The first-order valence-corrected chi connectivity index (χ1v) is 8.58. The number of ether oxygens (including phenoxy) is 1. The van der Waals surface area contributed by atoms with Gasteiger partial charge in [0.15, 0.2) is 0 Å². The van der Waals surface area contributed by atoms with E-state index >= 15 is 0 Å². The zero-order valence-electron chi connectivity index (χ0n) is 14.2. The van der Waals surface area contributed by atoms with Gasteiger partial charge in [0.1, 0.15) is 6.61 Å². The van der Waals surface area contributed by atoms with Crippen LogP contribution in [-0.2, 0) is 9.53 Å². The number of amides is 1. The minimum absolute atomic E-state index is 0.0608. The van der Waals surface area contributed by atoms with Crippen LogP contribution in [0.25, 0.3) is 11.1 Å². The van der Waals surface area contributed by atoms with Crippen LogP contribution in [0.15, 0.2) is 48.5 Å². The van der Waals surface area contributed by atoms with Crippen molar-refractivity contribution < 1.29 is 28.2 Å². The molecule has 0 bridgehead atoms. The van der Waals surface area contributed by atoms with E-state index in [0.717, 1.165) is 22.3 Å². The Kier molecular flexibility index (Phi) is 4.09. The lowest BCUT2D eigenvalue weighted by atomic mass is 9.98. The van der Waals surface area contributed by atoms with E-state index < -0.39 is 37.0 Å². The Bertz CT molecular complexity index is 869. The SMILES string of the molecule is O=C([O-])[C@@H]1CC(F)(F)CN1C(=O)OCC1c2ccccc2-c2ccccc21. The second-order valence-corrected chi connectivity index (χ2v) is 6.83. The molecule has 1 aliphatic heterocycles. The summed E-state index contributed by atoms with van der Waals surface area (Å²) in [6, 6.07) is 13.7. The van der Waals surface area contributed by atoms with Crippen molar-refractivity contribution in [3.63, 3.8) is 0 Å². The lowest BCUT2D eigenvalue weighted by Crippen LogP contribution is -2.47. The largest absolute Gasteiger partial charge is 0.548 e. The predicted octanol–water partition coefficient (Wildman–Crippen LogP) is 2.39. The quantitative estimate of drug-likeness (QED) is 0.830. The number of carboxylic acids is 1. The predicted molar refractivity (Wildman–Crippen MR) is 90.1 cm³/mol. The Labute approximate surface area is 154 Å². The molecule has 4 rings (SSSR count). The molecule has 5 nitrogen and oxygen atoms in total. The minimum atomic E-state index is -3.27. The van der Waals surface area contributed by atoms with Crippen molar-refractivity contribution in [2.75, 3.05) is 13.2 Å². The van der Waals surface area contributed by atoms with Crippen molar-refractivity contribution in [3.8, 4) is 11.1 Å². The summed E-state index contributed by atoms with van der Waals surface area (Å²) in [4.78, 5) is 23.9. The van der Waals surface area contributed by atoms with Gasteiger partial charge in [0.2, 0.25) is 0 Å². The van der Waals surface area contributed by atoms with E-state index in [2.05, 4.69) is 0 Å². The van der Waals surface area contributed by atoms with Crippen LogP contribution in [0, 0.1) is 0 Å². The monoisotopic (exact) mass is 372 g/mol. The van der Waals surface area contributed by atoms with Crippen molar-refractivity contribution in [2.24, 2.45) is 0 Å². The Morgan fingerprint density at radius 1 is 1.07 bits per heavy atom. The highest BCUT2D eigenvalue weighted by molar-refractivity contribution is 5.81. The van der Waals surface area contributed by atoms with Crippen LogP contribution in [0.2, 0.25) is 0 Å². The van der Waals surface area contributed by atoms with Crippen LogP contribution in [-0.4, -0.2) is 42.1 Å².